The number of rotatable bonds is 2. The highest BCUT2D eigenvalue weighted by Crippen LogP contribution is 2.38. The summed E-state index contributed by atoms with van der Waals surface area (Å²) < 4.78 is 0. The molecular formula is C17H11N3O2S. The second-order valence-corrected chi connectivity index (χ2v) is 6.01. The predicted molar refractivity (Wildman–Crippen MR) is 91.4 cm³/mol. The number of aromatic amines is 1. The highest BCUT2D eigenvalue weighted by atomic mass is 32.1. The first-order valence-electron chi connectivity index (χ1n) is 6.95. The maximum Gasteiger partial charge on any atom is 0.307 e. The second-order valence-electron chi connectivity index (χ2n) is 5.00. The molecule has 0 atom stereocenters. The summed E-state index contributed by atoms with van der Waals surface area (Å²) in [4.78, 5) is 22.7. The Hall–Kier alpha value is -2.99. The van der Waals surface area contributed by atoms with Crippen LogP contribution in [0.3, 0.4) is 0 Å². The molecule has 2 aromatic heterocycles. The van der Waals surface area contributed by atoms with Gasteiger partial charge in [-0.05, 0) is 24.3 Å². The van der Waals surface area contributed by atoms with Crippen molar-refractivity contribution in [3.05, 3.63) is 74.5 Å². The van der Waals surface area contributed by atoms with E-state index < -0.39 is 0 Å². The number of aromatic hydroxyl groups is 1. The SMILES string of the molecule is O=c1[nH]c(O)c(C=C2C(c3ccncc3)=Nc3ccccc32)s1. The van der Waals surface area contributed by atoms with Crippen molar-refractivity contribution >= 4 is 34.4 Å². The lowest BCUT2D eigenvalue weighted by Gasteiger charge is -2.05. The van der Waals surface area contributed by atoms with Crippen LogP contribution in [0, 0.1) is 0 Å². The van der Waals surface area contributed by atoms with E-state index in [1.54, 1.807) is 18.5 Å². The van der Waals surface area contributed by atoms with Gasteiger partial charge >= 0.3 is 4.87 Å². The number of pyridine rings is 1. The largest absolute Gasteiger partial charge is 0.493 e. The molecule has 1 aromatic carbocycles. The van der Waals surface area contributed by atoms with Gasteiger partial charge in [0.05, 0.1) is 16.3 Å². The lowest BCUT2D eigenvalue weighted by Crippen LogP contribution is -1.99. The fourth-order valence-electron chi connectivity index (χ4n) is 2.54. The zero-order valence-corrected chi connectivity index (χ0v) is 12.7. The van der Waals surface area contributed by atoms with Crippen LogP contribution in [-0.2, 0) is 0 Å². The molecule has 0 fully saturated rings. The van der Waals surface area contributed by atoms with Gasteiger partial charge in [-0.2, -0.15) is 0 Å². The van der Waals surface area contributed by atoms with Crippen LogP contribution in [0.5, 0.6) is 5.88 Å². The first-order chi connectivity index (χ1) is 11.2. The molecule has 0 saturated heterocycles. The monoisotopic (exact) mass is 321 g/mol. The molecule has 1 aliphatic heterocycles. The molecule has 112 valence electrons. The van der Waals surface area contributed by atoms with Crippen molar-refractivity contribution in [3.8, 4) is 5.88 Å². The Labute approximate surface area is 135 Å². The van der Waals surface area contributed by atoms with E-state index in [2.05, 4.69) is 9.97 Å². The predicted octanol–water partition coefficient (Wildman–Crippen LogP) is 3.21. The van der Waals surface area contributed by atoms with E-state index in [0.717, 1.165) is 39.4 Å². The molecule has 3 heterocycles. The molecule has 6 heteroatoms. The van der Waals surface area contributed by atoms with Gasteiger partial charge in [0.2, 0.25) is 5.88 Å². The number of thiazole rings is 1. The van der Waals surface area contributed by atoms with Crippen LogP contribution in [0.4, 0.5) is 5.69 Å². The molecule has 0 amide bonds. The lowest BCUT2D eigenvalue weighted by molar-refractivity contribution is 0.455. The van der Waals surface area contributed by atoms with Gasteiger partial charge in [0.1, 0.15) is 0 Å². The third-order valence-electron chi connectivity index (χ3n) is 3.57. The van der Waals surface area contributed by atoms with Crippen LogP contribution in [0.15, 0.2) is 58.6 Å². The number of allylic oxidation sites excluding steroid dienone is 1. The zero-order chi connectivity index (χ0) is 15.8. The standard InChI is InChI=1S/C17H11N3O2S/c21-16-14(23-17(22)20-16)9-12-11-3-1-2-4-13(11)19-15(12)10-5-7-18-8-6-10/h1-9,21H,(H,20,22). The Morgan fingerprint density at radius 1 is 1.13 bits per heavy atom. The number of benzene rings is 1. The van der Waals surface area contributed by atoms with E-state index in [0.29, 0.717) is 4.88 Å². The van der Waals surface area contributed by atoms with Crippen LogP contribution < -0.4 is 4.87 Å². The number of H-pyrrole nitrogens is 1. The second kappa shape index (κ2) is 5.33. The van der Waals surface area contributed by atoms with Gasteiger partial charge in [0, 0.05) is 29.1 Å². The number of hydrogen-bond acceptors (Lipinski definition) is 5. The van der Waals surface area contributed by atoms with E-state index in [1.165, 1.54) is 0 Å². The summed E-state index contributed by atoms with van der Waals surface area (Å²) in [5.41, 5.74) is 4.45. The number of nitrogens with zero attached hydrogens (tertiary/aromatic N) is 2. The topological polar surface area (TPSA) is 78.3 Å². The minimum Gasteiger partial charge on any atom is -0.493 e. The highest BCUT2D eigenvalue weighted by molar-refractivity contribution is 7.10. The van der Waals surface area contributed by atoms with E-state index in [4.69, 9.17) is 4.99 Å². The van der Waals surface area contributed by atoms with E-state index >= 15 is 0 Å². The van der Waals surface area contributed by atoms with Gasteiger partial charge in [-0.3, -0.25) is 14.8 Å². The molecule has 0 aliphatic carbocycles. The quantitative estimate of drug-likeness (QED) is 0.761. The normalized spacial score (nSPS) is 14.8. The lowest BCUT2D eigenvalue weighted by atomic mass is 9.98. The Balaban J connectivity index is 1.92. The van der Waals surface area contributed by atoms with Crippen molar-refractivity contribution in [1.29, 1.82) is 0 Å². The van der Waals surface area contributed by atoms with Crippen molar-refractivity contribution in [2.45, 2.75) is 0 Å². The number of aliphatic imine (C=N–C) groups is 1. The first-order valence-corrected chi connectivity index (χ1v) is 7.76. The van der Waals surface area contributed by atoms with Crippen molar-refractivity contribution in [2.75, 3.05) is 0 Å². The number of aromatic nitrogens is 2. The number of para-hydroxylation sites is 1. The molecule has 3 aromatic rings. The van der Waals surface area contributed by atoms with Crippen LogP contribution >= 0.6 is 11.3 Å². The number of fused-ring (bicyclic) bond motifs is 1. The maximum atomic E-state index is 11.4. The summed E-state index contributed by atoms with van der Waals surface area (Å²) in [6.07, 6.45) is 5.22. The summed E-state index contributed by atoms with van der Waals surface area (Å²) in [6.45, 7) is 0. The van der Waals surface area contributed by atoms with Gasteiger partial charge < -0.3 is 5.11 Å². The first kappa shape index (κ1) is 13.7. The van der Waals surface area contributed by atoms with Gasteiger partial charge in [-0.15, -0.1) is 0 Å². The van der Waals surface area contributed by atoms with E-state index in [-0.39, 0.29) is 10.8 Å². The third kappa shape index (κ3) is 2.39. The molecule has 0 unspecified atom stereocenters. The maximum absolute atomic E-state index is 11.4. The smallest absolute Gasteiger partial charge is 0.307 e. The summed E-state index contributed by atoms with van der Waals surface area (Å²) in [7, 11) is 0. The van der Waals surface area contributed by atoms with Crippen molar-refractivity contribution < 1.29 is 5.11 Å². The van der Waals surface area contributed by atoms with Crippen LogP contribution in [0.2, 0.25) is 0 Å². The molecule has 0 radical (unpaired) electrons. The Kier molecular flexibility index (Phi) is 3.17. The van der Waals surface area contributed by atoms with Gasteiger partial charge in [0.25, 0.3) is 0 Å². The van der Waals surface area contributed by atoms with E-state index in [9.17, 15) is 9.90 Å². The van der Waals surface area contributed by atoms with Gasteiger partial charge in [-0.1, -0.05) is 29.5 Å². The molecular weight excluding hydrogens is 310 g/mol. The average molecular weight is 321 g/mol. The summed E-state index contributed by atoms with van der Waals surface area (Å²) in [5.74, 6) is -0.119. The molecule has 1 aliphatic rings. The molecule has 0 bridgehead atoms. The van der Waals surface area contributed by atoms with Crippen LogP contribution in [-0.4, -0.2) is 20.8 Å². The fraction of sp³-hybridized carbons (Fsp3) is 0. The Morgan fingerprint density at radius 2 is 1.91 bits per heavy atom. The van der Waals surface area contributed by atoms with Crippen molar-refractivity contribution in [1.82, 2.24) is 9.97 Å². The van der Waals surface area contributed by atoms with Gasteiger partial charge in [-0.25, -0.2) is 4.99 Å². The molecule has 4 rings (SSSR count). The highest BCUT2D eigenvalue weighted by Gasteiger charge is 2.22. The third-order valence-corrected chi connectivity index (χ3v) is 4.39. The molecule has 0 spiro atoms. The number of hydrogen-bond donors (Lipinski definition) is 2. The zero-order valence-electron chi connectivity index (χ0n) is 11.9. The Morgan fingerprint density at radius 3 is 2.65 bits per heavy atom. The minimum atomic E-state index is -0.289. The Bertz CT molecular complexity index is 1000. The number of nitrogens with one attached hydrogen (secondary N) is 1. The fourth-order valence-corrected chi connectivity index (χ4v) is 3.22. The van der Waals surface area contributed by atoms with Crippen LogP contribution in [0.1, 0.15) is 16.0 Å². The molecule has 23 heavy (non-hydrogen) atoms. The average Bonchev–Trinajstić information content (AvgIpc) is 3.09. The summed E-state index contributed by atoms with van der Waals surface area (Å²) in [5, 5.41) is 9.86. The molecule has 2 N–H and O–H groups in total. The minimum absolute atomic E-state index is 0.119. The van der Waals surface area contributed by atoms with Crippen molar-refractivity contribution in [2.24, 2.45) is 4.99 Å². The van der Waals surface area contributed by atoms with Crippen LogP contribution in [0.25, 0.3) is 11.6 Å². The summed E-state index contributed by atoms with van der Waals surface area (Å²) >= 11 is 0.968. The van der Waals surface area contributed by atoms with E-state index in [1.807, 2.05) is 36.4 Å². The summed E-state index contributed by atoms with van der Waals surface area (Å²) in [6, 6.07) is 11.6. The van der Waals surface area contributed by atoms with Gasteiger partial charge in [0.15, 0.2) is 0 Å². The molecule has 5 nitrogen and oxygen atoms in total. The van der Waals surface area contributed by atoms with Crippen molar-refractivity contribution in [3.63, 3.8) is 0 Å². The molecule has 0 saturated carbocycles.